The predicted molar refractivity (Wildman–Crippen MR) is 104 cm³/mol. The van der Waals surface area contributed by atoms with Gasteiger partial charge in [-0.2, -0.15) is 0 Å². The molecule has 0 saturated carbocycles. The standard InChI is InChI=1S/C23H19F2NO3/c24-14-9-10-19(21(25)11-14)22(27)12-26-23(28)29-13-20-17-7-3-1-5-15(17)16-6-2-4-8-18(16)20/h1-11,20,22,27H,12-13H2,(H,26,28)/t22-/m0/s1. The van der Waals surface area contributed by atoms with E-state index in [0.29, 0.717) is 6.07 Å². The van der Waals surface area contributed by atoms with Crippen molar-refractivity contribution in [3.8, 4) is 11.1 Å². The Morgan fingerprint density at radius 1 is 1.00 bits per heavy atom. The number of rotatable bonds is 5. The van der Waals surface area contributed by atoms with Gasteiger partial charge in [0, 0.05) is 17.5 Å². The van der Waals surface area contributed by atoms with Crippen LogP contribution >= 0.6 is 0 Å². The summed E-state index contributed by atoms with van der Waals surface area (Å²) in [4.78, 5) is 12.1. The molecule has 1 amide bonds. The highest BCUT2D eigenvalue weighted by Gasteiger charge is 2.29. The molecule has 0 radical (unpaired) electrons. The molecule has 0 saturated heterocycles. The molecule has 3 aromatic rings. The number of carbonyl (C=O) groups excluding carboxylic acids is 1. The van der Waals surface area contributed by atoms with Crippen LogP contribution in [0.2, 0.25) is 0 Å². The normalized spacial score (nSPS) is 13.5. The third kappa shape index (κ3) is 3.84. The van der Waals surface area contributed by atoms with Crippen LogP contribution in [0.5, 0.6) is 0 Å². The summed E-state index contributed by atoms with van der Waals surface area (Å²) in [7, 11) is 0. The maximum atomic E-state index is 13.7. The number of benzene rings is 3. The first kappa shape index (κ1) is 19.1. The van der Waals surface area contributed by atoms with Gasteiger partial charge in [0.05, 0.1) is 12.6 Å². The van der Waals surface area contributed by atoms with Gasteiger partial charge in [-0.25, -0.2) is 13.6 Å². The van der Waals surface area contributed by atoms with Crippen molar-refractivity contribution in [3.05, 3.63) is 95.1 Å². The van der Waals surface area contributed by atoms with E-state index in [1.54, 1.807) is 0 Å². The number of ether oxygens (including phenoxy) is 1. The summed E-state index contributed by atoms with van der Waals surface area (Å²) < 4.78 is 32.0. The van der Waals surface area contributed by atoms with Crippen LogP contribution in [0.25, 0.3) is 11.1 Å². The second-order valence-corrected chi connectivity index (χ2v) is 6.89. The molecule has 0 spiro atoms. The van der Waals surface area contributed by atoms with E-state index in [0.717, 1.165) is 34.4 Å². The van der Waals surface area contributed by atoms with Crippen LogP contribution < -0.4 is 5.32 Å². The van der Waals surface area contributed by atoms with Crippen LogP contribution in [-0.4, -0.2) is 24.4 Å². The monoisotopic (exact) mass is 395 g/mol. The van der Waals surface area contributed by atoms with Gasteiger partial charge in [0.15, 0.2) is 0 Å². The topological polar surface area (TPSA) is 58.6 Å². The molecule has 3 aromatic carbocycles. The number of amides is 1. The molecule has 148 valence electrons. The number of carbonyl (C=O) groups is 1. The molecular formula is C23H19F2NO3. The Labute approximate surface area is 166 Å². The molecule has 4 nitrogen and oxygen atoms in total. The quantitative estimate of drug-likeness (QED) is 0.667. The molecule has 4 rings (SSSR count). The lowest BCUT2D eigenvalue weighted by Crippen LogP contribution is -2.30. The average Bonchev–Trinajstić information content (AvgIpc) is 3.04. The first-order chi connectivity index (χ1) is 14.0. The van der Waals surface area contributed by atoms with Gasteiger partial charge in [-0.05, 0) is 28.3 Å². The summed E-state index contributed by atoms with van der Waals surface area (Å²) in [5.41, 5.74) is 4.34. The minimum Gasteiger partial charge on any atom is -0.449 e. The molecule has 0 aromatic heterocycles. The number of nitrogens with one attached hydrogen (secondary N) is 1. The Morgan fingerprint density at radius 3 is 2.24 bits per heavy atom. The van der Waals surface area contributed by atoms with Crippen molar-refractivity contribution >= 4 is 6.09 Å². The van der Waals surface area contributed by atoms with E-state index in [1.165, 1.54) is 0 Å². The molecule has 2 N–H and O–H groups in total. The summed E-state index contributed by atoms with van der Waals surface area (Å²) in [5, 5.41) is 12.5. The number of alkyl carbamates (subject to hydrolysis) is 1. The van der Waals surface area contributed by atoms with Gasteiger partial charge in [-0.1, -0.05) is 54.6 Å². The van der Waals surface area contributed by atoms with Crippen molar-refractivity contribution in [2.24, 2.45) is 0 Å². The zero-order valence-electron chi connectivity index (χ0n) is 15.4. The molecular weight excluding hydrogens is 376 g/mol. The lowest BCUT2D eigenvalue weighted by atomic mass is 9.98. The fourth-order valence-electron chi connectivity index (χ4n) is 3.71. The Morgan fingerprint density at radius 2 is 1.62 bits per heavy atom. The highest BCUT2D eigenvalue weighted by atomic mass is 19.1. The molecule has 6 heteroatoms. The summed E-state index contributed by atoms with van der Waals surface area (Å²) in [6.45, 7) is -0.111. The van der Waals surface area contributed by atoms with Gasteiger partial charge in [0.1, 0.15) is 18.2 Å². The second kappa shape index (κ2) is 8.01. The number of hydrogen-bond donors (Lipinski definition) is 2. The Balaban J connectivity index is 1.38. The molecule has 0 bridgehead atoms. The van der Waals surface area contributed by atoms with Crippen molar-refractivity contribution in [2.75, 3.05) is 13.2 Å². The van der Waals surface area contributed by atoms with E-state index in [1.807, 2.05) is 48.5 Å². The van der Waals surface area contributed by atoms with Crippen LogP contribution in [-0.2, 0) is 4.74 Å². The smallest absolute Gasteiger partial charge is 0.407 e. The zero-order valence-corrected chi connectivity index (χ0v) is 15.4. The highest BCUT2D eigenvalue weighted by Crippen LogP contribution is 2.44. The summed E-state index contributed by atoms with van der Waals surface area (Å²) in [5.74, 6) is -1.68. The van der Waals surface area contributed by atoms with Crippen molar-refractivity contribution < 1.29 is 23.4 Å². The van der Waals surface area contributed by atoms with Crippen LogP contribution in [0.4, 0.5) is 13.6 Å². The third-order valence-electron chi connectivity index (χ3n) is 5.10. The maximum Gasteiger partial charge on any atom is 0.407 e. The fourth-order valence-corrected chi connectivity index (χ4v) is 3.71. The van der Waals surface area contributed by atoms with E-state index in [4.69, 9.17) is 4.74 Å². The van der Waals surface area contributed by atoms with E-state index in [9.17, 15) is 18.7 Å². The lowest BCUT2D eigenvalue weighted by Gasteiger charge is -2.16. The number of fused-ring (bicyclic) bond motifs is 3. The fraction of sp³-hybridized carbons (Fsp3) is 0.174. The summed E-state index contributed by atoms with van der Waals surface area (Å²) >= 11 is 0. The van der Waals surface area contributed by atoms with Gasteiger partial charge in [-0.15, -0.1) is 0 Å². The predicted octanol–water partition coefficient (Wildman–Crippen LogP) is 4.54. The molecule has 1 aliphatic carbocycles. The van der Waals surface area contributed by atoms with Crippen LogP contribution in [0.1, 0.15) is 28.7 Å². The van der Waals surface area contributed by atoms with Crippen LogP contribution in [0.3, 0.4) is 0 Å². The summed E-state index contributed by atoms with van der Waals surface area (Å²) in [6.07, 6.45) is -2.02. The minimum atomic E-state index is -1.31. The molecule has 0 unspecified atom stereocenters. The Kier molecular flexibility index (Phi) is 5.27. The third-order valence-corrected chi connectivity index (χ3v) is 5.10. The van der Waals surface area contributed by atoms with E-state index in [2.05, 4.69) is 5.32 Å². The molecule has 1 aliphatic rings. The average molecular weight is 395 g/mol. The van der Waals surface area contributed by atoms with Crippen LogP contribution in [0, 0.1) is 11.6 Å². The van der Waals surface area contributed by atoms with E-state index < -0.39 is 23.8 Å². The van der Waals surface area contributed by atoms with Gasteiger partial charge in [0.25, 0.3) is 0 Å². The zero-order chi connectivity index (χ0) is 20.4. The van der Waals surface area contributed by atoms with Gasteiger partial charge in [0.2, 0.25) is 0 Å². The number of aliphatic hydroxyl groups excluding tert-OH is 1. The largest absolute Gasteiger partial charge is 0.449 e. The van der Waals surface area contributed by atoms with Crippen molar-refractivity contribution in [1.82, 2.24) is 5.32 Å². The molecule has 0 fully saturated rings. The van der Waals surface area contributed by atoms with Gasteiger partial charge < -0.3 is 15.2 Å². The van der Waals surface area contributed by atoms with E-state index >= 15 is 0 Å². The van der Waals surface area contributed by atoms with Crippen LogP contribution in [0.15, 0.2) is 66.7 Å². The van der Waals surface area contributed by atoms with Crippen molar-refractivity contribution in [1.29, 1.82) is 0 Å². The summed E-state index contributed by atoms with van der Waals surface area (Å²) in [6, 6.07) is 18.9. The Bertz CT molecular complexity index is 1010. The second-order valence-electron chi connectivity index (χ2n) is 6.89. The number of halogens is 2. The van der Waals surface area contributed by atoms with Gasteiger partial charge >= 0.3 is 6.09 Å². The Hall–Kier alpha value is -3.25. The van der Waals surface area contributed by atoms with E-state index in [-0.39, 0.29) is 24.6 Å². The molecule has 0 aliphatic heterocycles. The SMILES string of the molecule is O=C(NC[C@H](O)c1ccc(F)cc1F)OCC1c2ccccc2-c2ccccc21. The highest BCUT2D eigenvalue weighted by molar-refractivity contribution is 5.79. The first-order valence-electron chi connectivity index (χ1n) is 9.26. The molecule has 1 atom stereocenters. The first-order valence-corrected chi connectivity index (χ1v) is 9.26. The molecule has 0 heterocycles. The molecule has 29 heavy (non-hydrogen) atoms. The lowest BCUT2D eigenvalue weighted by molar-refractivity contribution is 0.127. The number of hydrogen-bond acceptors (Lipinski definition) is 3. The number of aliphatic hydroxyl groups is 1. The van der Waals surface area contributed by atoms with Crippen molar-refractivity contribution in [3.63, 3.8) is 0 Å². The maximum absolute atomic E-state index is 13.7. The van der Waals surface area contributed by atoms with Gasteiger partial charge in [-0.3, -0.25) is 0 Å². The van der Waals surface area contributed by atoms with Crippen molar-refractivity contribution in [2.45, 2.75) is 12.0 Å². The minimum absolute atomic E-state index is 0.0763.